The summed E-state index contributed by atoms with van der Waals surface area (Å²) in [6.07, 6.45) is 16.6. The summed E-state index contributed by atoms with van der Waals surface area (Å²) in [5, 5.41) is 12.0. The molecule has 0 spiro atoms. The summed E-state index contributed by atoms with van der Waals surface area (Å²) in [7, 11) is 0. The molecule has 1 aliphatic heterocycles. The molecule has 15 rings (SSSR count). The SMILES string of the molecule is CCC(C)(CC(C)(CC(C)(CC(C)(CC(C)(C)C(=O)OCC(=O)OC(CC(=O)OC(C)(C)C)C1CC2C=CC1C2)C(=O)OC12CC3CC(CC(O)(C3)C1)C2)C(=O)OC1CCOC1=O)C(=O)OC1(C)C2CC3CC(C2)CC1C3)C(=O)OC1(C(C)C)C2CC3CC(C2)CC1C3. The third-order valence-electron chi connectivity index (χ3n) is 26.8. The predicted octanol–water partition coefficient (Wildman–Crippen LogP) is 13.0. The van der Waals surface area contributed by atoms with Crippen LogP contribution in [0.2, 0.25) is 0 Å². The molecule has 15 aliphatic rings. The maximum atomic E-state index is 16.4. The number of esters is 8. The van der Waals surface area contributed by atoms with Gasteiger partial charge in [0.25, 0.3) is 0 Å². The van der Waals surface area contributed by atoms with Crippen molar-refractivity contribution in [1.29, 1.82) is 0 Å². The van der Waals surface area contributed by atoms with Crippen molar-refractivity contribution >= 4 is 47.8 Å². The zero-order valence-electron chi connectivity index (χ0n) is 58.5. The highest BCUT2D eigenvalue weighted by atomic mass is 16.6. The molecule has 13 saturated carbocycles. The Morgan fingerprint density at radius 2 is 1.11 bits per heavy atom. The van der Waals surface area contributed by atoms with E-state index in [4.69, 9.17) is 37.9 Å². The van der Waals surface area contributed by atoms with Crippen LogP contribution in [0.3, 0.4) is 0 Å². The molecule has 11 atom stereocenters. The van der Waals surface area contributed by atoms with Crippen LogP contribution in [0.5, 0.6) is 0 Å². The highest BCUT2D eigenvalue weighted by Gasteiger charge is 2.66. The Labute approximate surface area is 552 Å². The van der Waals surface area contributed by atoms with Gasteiger partial charge in [-0.2, -0.15) is 0 Å². The number of ether oxygens (including phenoxy) is 8. The van der Waals surface area contributed by atoms with Crippen molar-refractivity contribution in [1.82, 2.24) is 0 Å². The minimum Gasteiger partial charge on any atom is -0.463 e. The number of rotatable bonds is 25. The Morgan fingerprint density at radius 1 is 0.591 bits per heavy atom. The molecule has 93 heavy (non-hydrogen) atoms. The number of carbonyl (C=O) groups is 8. The molecule has 17 nitrogen and oxygen atoms in total. The van der Waals surface area contributed by atoms with Crippen LogP contribution in [0.15, 0.2) is 12.2 Å². The van der Waals surface area contributed by atoms with Crippen LogP contribution in [0, 0.1) is 110 Å². The first-order chi connectivity index (χ1) is 43.4. The predicted molar refractivity (Wildman–Crippen MR) is 341 cm³/mol. The number of carbonyl (C=O) groups excluding carboxylic acids is 8. The first kappa shape index (κ1) is 68.4. The van der Waals surface area contributed by atoms with Crippen LogP contribution in [0.1, 0.15) is 251 Å². The van der Waals surface area contributed by atoms with Crippen molar-refractivity contribution in [2.75, 3.05) is 13.2 Å². The van der Waals surface area contributed by atoms with E-state index in [0.29, 0.717) is 55.3 Å². The average Bonchev–Trinajstić information content (AvgIpc) is 1.30. The van der Waals surface area contributed by atoms with Gasteiger partial charge in [-0.1, -0.05) is 32.9 Å². The highest BCUT2D eigenvalue weighted by Crippen LogP contribution is 2.65. The van der Waals surface area contributed by atoms with E-state index in [2.05, 4.69) is 32.9 Å². The van der Waals surface area contributed by atoms with Gasteiger partial charge in [0.1, 0.15) is 28.5 Å². The van der Waals surface area contributed by atoms with E-state index in [1.165, 1.54) is 12.8 Å². The Balaban J connectivity index is 0.881. The number of allylic oxidation sites excluding steroid dienone is 2. The summed E-state index contributed by atoms with van der Waals surface area (Å²) >= 11 is 0. The molecule has 0 aromatic heterocycles. The van der Waals surface area contributed by atoms with Crippen LogP contribution < -0.4 is 0 Å². The van der Waals surface area contributed by atoms with Crippen LogP contribution >= 0.6 is 0 Å². The first-order valence-corrected chi connectivity index (χ1v) is 36.4. The largest absolute Gasteiger partial charge is 0.463 e. The van der Waals surface area contributed by atoms with Crippen molar-refractivity contribution in [2.45, 2.75) is 291 Å². The van der Waals surface area contributed by atoms with E-state index in [1.54, 1.807) is 55.4 Å². The minimum atomic E-state index is -1.88. The van der Waals surface area contributed by atoms with Crippen LogP contribution in [0.4, 0.5) is 0 Å². The second kappa shape index (κ2) is 24.2. The molecule has 17 heteroatoms. The molecule has 0 amide bonds. The van der Waals surface area contributed by atoms with E-state index in [9.17, 15) is 24.3 Å². The topological polar surface area (TPSA) is 231 Å². The first-order valence-electron chi connectivity index (χ1n) is 36.4. The fourth-order valence-corrected chi connectivity index (χ4v) is 23.7. The Morgan fingerprint density at radius 3 is 1.60 bits per heavy atom. The number of fused-ring (bicyclic) bond motifs is 2. The lowest BCUT2D eigenvalue weighted by Crippen LogP contribution is -2.63. The lowest BCUT2D eigenvalue weighted by Gasteiger charge is -2.62. The maximum Gasteiger partial charge on any atom is 0.347 e. The summed E-state index contributed by atoms with van der Waals surface area (Å²) in [5.74, 6) is -1.85. The Hall–Kier alpha value is -4.54. The Bertz CT molecular complexity index is 2920. The smallest absolute Gasteiger partial charge is 0.347 e. The molecule has 0 radical (unpaired) electrons. The van der Waals surface area contributed by atoms with Crippen molar-refractivity contribution in [3.63, 3.8) is 0 Å². The minimum absolute atomic E-state index is 0.0195. The third kappa shape index (κ3) is 13.1. The lowest BCUT2D eigenvalue weighted by atomic mass is 9.47. The average molecular weight is 1300 g/mol. The molecule has 0 aromatic carbocycles. The van der Waals surface area contributed by atoms with Crippen LogP contribution in [-0.4, -0.2) is 106 Å². The van der Waals surface area contributed by atoms with Crippen LogP contribution in [0.25, 0.3) is 0 Å². The number of hydrogen-bond acceptors (Lipinski definition) is 17. The molecule has 1 saturated heterocycles. The van der Waals surface area contributed by atoms with Gasteiger partial charge in [-0.05, 0) is 287 Å². The molecule has 14 aliphatic carbocycles. The molecule has 1 N–H and O–H groups in total. The molecule has 1 heterocycles. The molecular weight excluding hydrogens is 1180 g/mol. The lowest BCUT2D eigenvalue weighted by molar-refractivity contribution is -0.234. The molecule has 14 bridgehead atoms. The summed E-state index contributed by atoms with van der Waals surface area (Å²) in [4.78, 5) is 120. The maximum absolute atomic E-state index is 16.4. The normalized spacial score (nSPS) is 40.1. The van der Waals surface area contributed by atoms with E-state index in [0.717, 1.165) is 70.6 Å². The van der Waals surface area contributed by atoms with Crippen molar-refractivity contribution < 1.29 is 81.4 Å². The quantitative estimate of drug-likeness (QED) is 0.0509. The molecule has 0 aromatic rings. The molecule has 14 fully saturated rings. The zero-order chi connectivity index (χ0) is 67.0. The van der Waals surface area contributed by atoms with Gasteiger partial charge in [-0.15, -0.1) is 0 Å². The highest BCUT2D eigenvalue weighted by molar-refractivity contribution is 5.87. The number of cyclic esters (lactones) is 1. The van der Waals surface area contributed by atoms with Crippen molar-refractivity contribution in [2.24, 2.45) is 110 Å². The van der Waals surface area contributed by atoms with Gasteiger partial charge < -0.3 is 43.0 Å². The Kier molecular flexibility index (Phi) is 17.8. The third-order valence-corrected chi connectivity index (χ3v) is 26.8. The van der Waals surface area contributed by atoms with Crippen molar-refractivity contribution in [3.8, 4) is 0 Å². The standard InChI is InChI=1S/C76H112O17/c1-14-69(9,64(82)93-76(43(2)3)54-27-47-20-48(29-54)30-55(76)28-47)39-72(12,65(83)91-73(13)52-23-45-19-46(25-52)26-53(73)24-45)41-71(11,63(81)89-57-17-18-86-61(57)79)40-70(10,66(84)92-75-35-49-21-50(36-75)34-74(85,33-49)42-75)38-68(7,8)62(80)87-37-60(78)88-58(32-59(77)90-67(4,5)6)56-31-44-15-16-51(56)22-44/h15-16,43-58,85H,14,17-42H2,1-13H3. The van der Waals surface area contributed by atoms with E-state index >= 15 is 19.2 Å². The monoisotopic (exact) mass is 1300 g/mol. The van der Waals surface area contributed by atoms with Crippen LogP contribution in [-0.2, 0) is 76.3 Å². The van der Waals surface area contributed by atoms with Gasteiger partial charge >= 0.3 is 47.8 Å². The molecule has 518 valence electrons. The van der Waals surface area contributed by atoms with E-state index in [1.807, 2.05) is 13.8 Å². The van der Waals surface area contributed by atoms with Crippen molar-refractivity contribution in [3.05, 3.63) is 12.2 Å². The summed E-state index contributed by atoms with van der Waals surface area (Å²) in [5.41, 5.74) is -12.6. The van der Waals surface area contributed by atoms with Gasteiger partial charge in [0.2, 0.25) is 6.10 Å². The second-order valence-corrected chi connectivity index (χ2v) is 36.7. The van der Waals surface area contributed by atoms with E-state index < -0.39 is 116 Å². The fourth-order valence-electron chi connectivity index (χ4n) is 23.7. The fraction of sp³-hybridized carbons (Fsp3) is 0.868. The molecular formula is C76H112O17. The van der Waals surface area contributed by atoms with E-state index in [-0.39, 0.29) is 117 Å². The van der Waals surface area contributed by atoms with Gasteiger partial charge in [0.15, 0.2) is 6.61 Å². The van der Waals surface area contributed by atoms with Gasteiger partial charge in [-0.25, -0.2) is 9.59 Å². The number of hydrogen-bond donors (Lipinski definition) is 1. The van der Waals surface area contributed by atoms with Gasteiger partial charge in [0.05, 0.1) is 45.7 Å². The number of aliphatic hydroxyl groups is 1. The van der Waals surface area contributed by atoms with Gasteiger partial charge in [-0.3, -0.25) is 28.8 Å². The summed E-state index contributed by atoms with van der Waals surface area (Å²) in [6.45, 7) is 23.1. The second-order valence-electron chi connectivity index (χ2n) is 36.7. The molecule has 11 unspecified atom stereocenters. The zero-order valence-corrected chi connectivity index (χ0v) is 58.5. The summed E-state index contributed by atoms with van der Waals surface area (Å²) in [6, 6.07) is 0. The summed E-state index contributed by atoms with van der Waals surface area (Å²) < 4.78 is 50.5. The van der Waals surface area contributed by atoms with Gasteiger partial charge in [0, 0.05) is 18.8 Å².